The van der Waals surface area contributed by atoms with Crippen LogP contribution < -0.4 is 0 Å². The summed E-state index contributed by atoms with van der Waals surface area (Å²) >= 11 is 0. The molecule has 5 heteroatoms. The van der Waals surface area contributed by atoms with Gasteiger partial charge in [0.15, 0.2) is 0 Å². The van der Waals surface area contributed by atoms with E-state index in [1.165, 1.54) is 5.56 Å². The van der Waals surface area contributed by atoms with Crippen molar-refractivity contribution < 1.29 is 23.5 Å². The van der Waals surface area contributed by atoms with Crippen molar-refractivity contribution in [1.82, 2.24) is 0 Å². The number of carbonyl (C=O) groups excluding carboxylic acids is 2. The first kappa shape index (κ1) is 21.7. The second-order valence-corrected chi connectivity index (χ2v) is 9.41. The number of hydrogen-bond acceptors (Lipinski definition) is 5. The molecule has 1 heterocycles. The van der Waals surface area contributed by atoms with E-state index >= 15 is 0 Å². The molecule has 1 saturated carbocycles. The monoisotopic (exact) mass is 402 g/mol. The smallest absolute Gasteiger partial charge is 0.333 e. The van der Waals surface area contributed by atoms with Crippen molar-refractivity contribution in [3.63, 3.8) is 0 Å². The number of allylic oxidation sites excluding steroid dienone is 1. The number of esters is 2. The zero-order valence-corrected chi connectivity index (χ0v) is 18.5. The van der Waals surface area contributed by atoms with Gasteiger partial charge in [0.05, 0.1) is 6.26 Å². The normalized spacial score (nSPS) is 29.2. The first-order chi connectivity index (χ1) is 13.7. The van der Waals surface area contributed by atoms with Crippen LogP contribution in [0.15, 0.2) is 22.3 Å². The molecule has 0 saturated heterocycles. The Morgan fingerprint density at radius 1 is 1.31 bits per heavy atom. The SMILES string of the molecule is CC=C(C)C(=O)O[C@H]1CC[C@@H]2Cc3occ(C)c3C[C@]2(C)[C@H]1OC(=O)CC(C)C. The largest absolute Gasteiger partial charge is 0.469 e. The molecule has 0 amide bonds. The Morgan fingerprint density at radius 3 is 2.69 bits per heavy atom. The van der Waals surface area contributed by atoms with Gasteiger partial charge in [-0.15, -0.1) is 0 Å². The third kappa shape index (κ3) is 4.29. The molecule has 2 aliphatic carbocycles. The zero-order valence-electron chi connectivity index (χ0n) is 18.5. The first-order valence-electron chi connectivity index (χ1n) is 10.7. The highest BCUT2D eigenvalue weighted by Crippen LogP contribution is 2.51. The lowest BCUT2D eigenvalue weighted by atomic mass is 9.58. The molecular formula is C24H34O5. The molecule has 4 atom stereocenters. The summed E-state index contributed by atoms with van der Waals surface area (Å²) in [7, 11) is 0. The van der Waals surface area contributed by atoms with Gasteiger partial charge in [-0.3, -0.25) is 4.79 Å². The molecule has 0 unspecified atom stereocenters. The minimum Gasteiger partial charge on any atom is -0.469 e. The molecule has 0 bridgehead atoms. The number of rotatable bonds is 5. The molecule has 1 fully saturated rings. The van der Waals surface area contributed by atoms with E-state index in [-0.39, 0.29) is 23.3 Å². The Labute approximate surface area is 173 Å². The van der Waals surface area contributed by atoms with Crippen LogP contribution in [0.4, 0.5) is 0 Å². The quantitative estimate of drug-likeness (QED) is 0.516. The molecule has 3 rings (SSSR count). The molecule has 1 aromatic rings. The standard InChI is InChI=1S/C24H34O5/c1-7-15(4)23(26)28-19-9-8-17-11-20-18(16(5)13-27-20)12-24(17,6)22(19)29-21(25)10-14(2)3/h7,13-14,17,19,22H,8-12H2,1-6H3/t17-,19+,22+,24+/m1/s1. The number of carbonyl (C=O) groups is 2. The second kappa shape index (κ2) is 8.37. The van der Waals surface area contributed by atoms with Crippen molar-refractivity contribution in [2.45, 2.75) is 85.9 Å². The van der Waals surface area contributed by atoms with E-state index < -0.39 is 12.2 Å². The zero-order chi connectivity index (χ0) is 21.3. The van der Waals surface area contributed by atoms with E-state index in [2.05, 4.69) is 13.8 Å². The molecule has 0 spiro atoms. The summed E-state index contributed by atoms with van der Waals surface area (Å²) in [4.78, 5) is 25.1. The van der Waals surface area contributed by atoms with Crippen molar-refractivity contribution in [1.29, 1.82) is 0 Å². The highest BCUT2D eigenvalue weighted by molar-refractivity contribution is 5.87. The van der Waals surface area contributed by atoms with Crippen LogP contribution in [0.25, 0.3) is 0 Å². The Hall–Kier alpha value is -2.04. The number of fused-ring (bicyclic) bond motifs is 2. The predicted octanol–water partition coefficient (Wildman–Crippen LogP) is 4.94. The Kier molecular flexibility index (Phi) is 6.25. The molecule has 0 N–H and O–H groups in total. The van der Waals surface area contributed by atoms with E-state index in [1.54, 1.807) is 13.0 Å². The van der Waals surface area contributed by atoms with E-state index in [1.807, 2.05) is 27.0 Å². The van der Waals surface area contributed by atoms with Crippen LogP contribution in [0.1, 0.15) is 70.8 Å². The van der Waals surface area contributed by atoms with Crippen LogP contribution in [-0.4, -0.2) is 24.1 Å². The summed E-state index contributed by atoms with van der Waals surface area (Å²) in [6, 6.07) is 0. The number of ether oxygens (including phenoxy) is 2. The van der Waals surface area contributed by atoms with Crippen molar-refractivity contribution >= 4 is 11.9 Å². The fourth-order valence-electron chi connectivity index (χ4n) is 4.82. The van der Waals surface area contributed by atoms with Gasteiger partial charge in [0.25, 0.3) is 0 Å². The maximum Gasteiger partial charge on any atom is 0.333 e. The maximum absolute atomic E-state index is 12.6. The van der Waals surface area contributed by atoms with E-state index in [0.717, 1.165) is 30.6 Å². The minimum absolute atomic E-state index is 0.217. The number of furan rings is 1. The molecule has 1 aromatic heterocycles. The van der Waals surface area contributed by atoms with Crippen LogP contribution in [0.5, 0.6) is 0 Å². The van der Waals surface area contributed by atoms with Gasteiger partial charge in [0.2, 0.25) is 0 Å². The molecule has 0 aliphatic heterocycles. The molecule has 0 aromatic carbocycles. The topological polar surface area (TPSA) is 65.7 Å². The van der Waals surface area contributed by atoms with Gasteiger partial charge in [-0.1, -0.05) is 26.8 Å². The predicted molar refractivity (Wildman–Crippen MR) is 110 cm³/mol. The van der Waals surface area contributed by atoms with E-state index in [9.17, 15) is 9.59 Å². The molecule has 5 nitrogen and oxygen atoms in total. The number of aryl methyl sites for hydroxylation is 1. The fourth-order valence-corrected chi connectivity index (χ4v) is 4.82. The lowest BCUT2D eigenvalue weighted by Crippen LogP contribution is -2.56. The van der Waals surface area contributed by atoms with Crippen molar-refractivity contribution in [2.24, 2.45) is 17.3 Å². The minimum atomic E-state index is -0.455. The van der Waals surface area contributed by atoms with Gasteiger partial charge in [-0.2, -0.15) is 0 Å². The highest BCUT2D eigenvalue weighted by Gasteiger charge is 2.54. The summed E-state index contributed by atoms with van der Waals surface area (Å²) in [5.74, 6) is 1.05. The second-order valence-electron chi connectivity index (χ2n) is 9.41. The van der Waals surface area contributed by atoms with Gasteiger partial charge in [0.1, 0.15) is 18.0 Å². The van der Waals surface area contributed by atoms with Crippen LogP contribution in [0.2, 0.25) is 0 Å². The van der Waals surface area contributed by atoms with Gasteiger partial charge >= 0.3 is 11.9 Å². The van der Waals surface area contributed by atoms with Gasteiger partial charge < -0.3 is 13.9 Å². The Bertz CT molecular complexity index is 802. The van der Waals surface area contributed by atoms with Crippen LogP contribution in [0.3, 0.4) is 0 Å². The van der Waals surface area contributed by atoms with Crippen molar-refractivity contribution in [3.05, 3.63) is 34.8 Å². The van der Waals surface area contributed by atoms with Crippen LogP contribution in [0, 0.1) is 24.2 Å². The molecule has 29 heavy (non-hydrogen) atoms. The molecule has 0 radical (unpaired) electrons. The molecule has 2 aliphatic rings. The number of hydrogen-bond donors (Lipinski definition) is 0. The van der Waals surface area contributed by atoms with Gasteiger partial charge in [0, 0.05) is 23.8 Å². The van der Waals surface area contributed by atoms with Gasteiger partial charge in [-0.05, 0) is 63.0 Å². The summed E-state index contributed by atoms with van der Waals surface area (Å²) in [5, 5.41) is 0. The lowest BCUT2D eigenvalue weighted by molar-refractivity contribution is -0.193. The summed E-state index contributed by atoms with van der Waals surface area (Å²) < 4.78 is 17.7. The summed E-state index contributed by atoms with van der Waals surface area (Å²) in [6.07, 6.45) is 6.26. The van der Waals surface area contributed by atoms with Crippen molar-refractivity contribution in [3.8, 4) is 0 Å². The molecular weight excluding hydrogens is 368 g/mol. The Balaban J connectivity index is 1.91. The van der Waals surface area contributed by atoms with Crippen molar-refractivity contribution in [2.75, 3.05) is 0 Å². The fraction of sp³-hybridized carbons (Fsp3) is 0.667. The van der Waals surface area contributed by atoms with Crippen LogP contribution in [-0.2, 0) is 31.9 Å². The third-order valence-electron chi connectivity index (χ3n) is 6.75. The van der Waals surface area contributed by atoms with Gasteiger partial charge in [-0.25, -0.2) is 4.79 Å². The summed E-state index contributed by atoms with van der Waals surface area (Å²) in [5.41, 5.74) is 2.63. The van der Waals surface area contributed by atoms with E-state index in [0.29, 0.717) is 24.3 Å². The first-order valence-corrected chi connectivity index (χ1v) is 10.7. The Morgan fingerprint density at radius 2 is 2.03 bits per heavy atom. The highest BCUT2D eigenvalue weighted by atomic mass is 16.6. The van der Waals surface area contributed by atoms with Crippen LogP contribution >= 0.6 is 0 Å². The maximum atomic E-state index is 12.6. The third-order valence-corrected chi connectivity index (χ3v) is 6.75. The summed E-state index contributed by atoms with van der Waals surface area (Å²) in [6.45, 7) is 11.8. The lowest BCUT2D eigenvalue weighted by Gasteiger charge is -2.51. The average Bonchev–Trinajstić information content (AvgIpc) is 3.00. The average molecular weight is 403 g/mol. The molecule has 160 valence electrons. The van der Waals surface area contributed by atoms with E-state index in [4.69, 9.17) is 13.9 Å².